The molecular weight excluding hydrogens is 123 g/mol. The first kappa shape index (κ1) is 12.2. The largest absolute Gasteiger partial charge is 0.187 e. The Hall–Kier alpha value is 0.532. The van der Waals surface area contributed by atoms with E-state index in [1.165, 1.54) is 25.7 Å². The molecule has 0 saturated carbocycles. The lowest BCUT2D eigenvalue weighted by molar-refractivity contribution is 0.534. The Morgan fingerprint density at radius 2 is 1.67 bits per heavy atom. The van der Waals surface area contributed by atoms with Gasteiger partial charge in [-0.3, -0.25) is 0 Å². The second-order valence-electron chi connectivity index (χ2n) is 2.89. The maximum absolute atomic E-state index is 2.29. The molecule has 56 valence electrons. The lowest BCUT2D eigenvalue weighted by Gasteiger charge is -2.00. The Balaban J connectivity index is 0. The monoisotopic (exact) mass is 144 g/mol. The van der Waals surface area contributed by atoms with Crippen LogP contribution in [-0.2, 0) is 0 Å². The third kappa shape index (κ3) is 11.9. The lowest BCUT2D eigenvalue weighted by Crippen LogP contribution is -1.85. The van der Waals surface area contributed by atoms with Crippen LogP contribution in [0.5, 0.6) is 0 Å². The van der Waals surface area contributed by atoms with Gasteiger partial charge in [0.2, 0.25) is 0 Å². The quantitative estimate of drug-likeness (QED) is 0.418. The van der Waals surface area contributed by atoms with Gasteiger partial charge < -0.3 is 0 Å². The molecule has 0 aromatic rings. The number of hydrogen-bond acceptors (Lipinski definition) is 0. The van der Waals surface area contributed by atoms with Crippen molar-refractivity contribution in [1.82, 2.24) is 0 Å². The maximum atomic E-state index is 2.29. The molecule has 0 aliphatic carbocycles. The van der Waals surface area contributed by atoms with E-state index in [1.807, 2.05) is 0 Å². The summed E-state index contributed by atoms with van der Waals surface area (Å²) in [5.41, 5.74) is 0. The second kappa shape index (κ2) is 8.53. The third-order valence-electron chi connectivity index (χ3n) is 1.39. The van der Waals surface area contributed by atoms with Gasteiger partial charge in [0.1, 0.15) is 0 Å². The van der Waals surface area contributed by atoms with E-state index in [0.717, 1.165) is 5.92 Å². The molecule has 0 unspecified atom stereocenters. The van der Waals surface area contributed by atoms with Crippen molar-refractivity contribution in [3.05, 3.63) is 0 Å². The summed E-state index contributed by atoms with van der Waals surface area (Å²) in [5.74, 6) is 0.904. The molecule has 0 saturated heterocycles. The average Bonchev–Trinajstić information content (AvgIpc) is 1.66. The van der Waals surface area contributed by atoms with E-state index in [9.17, 15) is 0 Å². The highest BCUT2D eigenvalue weighted by Gasteiger charge is 1.90. The van der Waals surface area contributed by atoms with Crippen LogP contribution in [0.25, 0.3) is 0 Å². The molecule has 0 aromatic carbocycles. The van der Waals surface area contributed by atoms with Gasteiger partial charge in [-0.2, -0.15) is 0 Å². The first-order valence-electron chi connectivity index (χ1n) is 3.77. The summed E-state index contributed by atoms with van der Waals surface area (Å²) >= 11 is 0. The minimum Gasteiger partial charge on any atom is -0.0654 e. The van der Waals surface area contributed by atoms with E-state index >= 15 is 0 Å². The molecule has 0 radical (unpaired) electrons. The Morgan fingerprint density at radius 1 is 1.11 bits per heavy atom. The Labute approximate surface area is 70.2 Å². The van der Waals surface area contributed by atoms with Gasteiger partial charge in [-0.05, 0) is 5.92 Å². The normalized spacial score (nSPS) is 9.33. The van der Waals surface area contributed by atoms with E-state index < -0.39 is 0 Å². The number of rotatable bonds is 4. The molecule has 9 heavy (non-hydrogen) atoms. The Kier molecular flexibility index (Phi) is 11.6. The molecule has 0 rings (SSSR count). The van der Waals surface area contributed by atoms with Crippen molar-refractivity contribution in [1.29, 1.82) is 0 Å². The van der Waals surface area contributed by atoms with Crippen LogP contribution >= 0.6 is 0 Å². The molecule has 0 spiro atoms. The fourth-order valence-corrected chi connectivity index (χ4v) is 0.803. The van der Waals surface area contributed by atoms with Gasteiger partial charge in [0, 0.05) is 0 Å². The first-order valence-corrected chi connectivity index (χ1v) is 3.77. The molecule has 0 aromatic heterocycles. The molecule has 0 amide bonds. The average molecular weight is 144 g/mol. The van der Waals surface area contributed by atoms with Crippen molar-refractivity contribution in [2.24, 2.45) is 5.92 Å². The lowest BCUT2D eigenvalue weighted by atomic mass is 10.1. The van der Waals surface area contributed by atoms with E-state index in [1.54, 1.807) is 0 Å². The van der Waals surface area contributed by atoms with Crippen LogP contribution in [0.4, 0.5) is 0 Å². The predicted octanol–water partition coefficient (Wildman–Crippen LogP) is 2.04. The van der Waals surface area contributed by atoms with Crippen LogP contribution in [-0.4, -0.2) is 17.4 Å². The zero-order chi connectivity index (χ0) is 6.41. The summed E-state index contributed by atoms with van der Waals surface area (Å²) in [6.07, 6.45) is 5.60. The summed E-state index contributed by atoms with van der Waals surface area (Å²) in [6.45, 7) is 6.83. The van der Waals surface area contributed by atoms with Crippen molar-refractivity contribution in [2.45, 2.75) is 46.5 Å². The highest BCUT2D eigenvalue weighted by atomic mass is 27.0. The third-order valence-corrected chi connectivity index (χ3v) is 1.39. The smallest absolute Gasteiger partial charge is 0.0654 e. The molecule has 0 aliphatic rings. The highest BCUT2D eigenvalue weighted by molar-refractivity contribution is 5.75. The SMILES string of the molecule is CCCCCC(C)C.[AlH3]. The summed E-state index contributed by atoms with van der Waals surface area (Å²) in [7, 11) is 0. The standard InChI is InChI=1S/C8H18.Al.3H/c1-4-5-6-7-8(2)3;;;;/h8H,4-7H2,1-3H3;;;;. The summed E-state index contributed by atoms with van der Waals surface area (Å²) in [4.78, 5) is 0. The van der Waals surface area contributed by atoms with Gasteiger partial charge in [-0.1, -0.05) is 46.5 Å². The van der Waals surface area contributed by atoms with Crippen LogP contribution in [0.15, 0.2) is 0 Å². The Bertz CT molecular complexity index is 41.8. The molecule has 1 heteroatoms. The molecule has 0 heterocycles. The van der Waals surface area contributed by atoms with Gasteiger partial charge >= 0.3 is 0 Å². The fourth-order valence-electron chi connectivity index (χ4n) is 0.803. The molecule has 0 aliphatic heterocycles. The molecular formula is C8H21Al. The van der Waals surface area contributed by atoms with E-state index in [4.69, 9.17) is 0 Å². The van der Waals surface area contributed by atoms with E-state index in [-0.39, 0.29) is 17.4 Å². The van der Waals surface area contributed by atoms with Crippen LogP contribution < -0.4 is 0 Å². The van der Waals surface area contributed by atoms with E-state index in [2.05, 4.69) is 20.8 Å². The molecule has 0 N–H and O–H groups in total. The summed E-state index contributed by atoms with van der Waals surface area (Å²) < 4.78 is 0. The predicted molar refractivity (Wildman–Crippen MR) is 48.9 cm³/mol. The highest BCUT2D eigenvalue weighted by Crippen LogP contribution is 2.06. The minimum absolute atomic E-state index is 0. The van der Waals surface area contributed by atoms with Gasteiger partial charge in [-0.15, -0.1) is 0 Å². The van der Waals surface area contributed by atoms with Gasteiger partial charge in [0.25, 0.3) is 0 Å². The van der Waals surface area contributed by atoms with Crippen molar-refractivity contribution in [3.63, 3.8) is 0 Å². The second-order valence-corrected chi connectivity index (χ2v) is 2.89. The maximum Gasteiger partial charge on any atom is 0.187 e. The van der Waals surface area contributed by atoms with Gasteiger partial charge in [0.15, 0.2) is 17.4 Å². The molecule has 0 fully saturated rings. The van der Waals surface area contributed by atoms with Crippen LogP contribution in [0, 0.1) is 5.92 Å². The van der Waals surface area contributed by atoms with Crippen LogP contribution in [0.3, 0.4) is 0 Å². The topological polar surface area (TPSA) is 0 Å². The zero-order valence-corrected chi connectivity index (χ0v) is 6.41. The van der Waals surface area contributed by atoms with Gasteiger partial charge in [0.05, 0.1) is 0 Å². The van der Waals surface area contributed by atoms with Crippen molar-refractivity contribution < 1.29 is 0 Å². The zero-order valence-electron chi connectivity index (χ0n) is 6.41. The molecule has 0 bridgehead atoms. The van der Waals surface area contributed by atoms with Gasteiger partial charge in [-0.25, -0.2) is 0 Å². The van der Waals surface area contributed by atoms with Crippen LogP contribution in [0.2, 0.25) is 0 Å². The number of hydrogen-bond donors (Lipinski definition) is 0. The van der Waals surface area contributed by atoms with Crippen molar-refractivity contribution in [3.8, 4) is 0 Å². The minimum atomic E-state index is 0. The first-order chi connectivity index (χ1) is 3.77. The summed E-state index contributed by atoms with van der Waals surface area (Å²) in [5, 5.41) is 0. The van der Waals surface area contributed by atoms with Crippen LogP contribution in [0.1, 0.15) is 46.5 Å². The molecule has 0 nitrogen and oxygen atoms in total. The fraction of sp³-hybridized carbons (Fsp3) is 1.00. The van der Waals surface area contributed by atoms with E-state index in [0.29, 0.717) is 0 Å². The number of unbranched alkanes of at least 4 members (excludes halogenated alkanes) is 2. The van der Waals surface area contributed by atoms with Crippen molar-refractivity contribution >= 4 is 17.4 Å². The van der Waals surface area contributed by atoms with Crippen molar-refractivity contribution in [2.75, 3.05) is 0 Å². The molecule has 0 atom stereocenters. The Morgan fingerprint density at radius 3 is 2.00 bits per heavy atom. The summed E-state index contributed by atoms with van der Waals surface area (Å²) in [6, 6.07) is 0.